The second kappa shape index (κ2) is 12.9. The van der Waals surface area contributed by atoms with E-state index in [9.17, 15) is 18.8 Å². The molecule has 1 aromatic heterocycles. The van der Waals surface area contributed by atoms with Gasteiger partial charge >= 0.3 is 12.1 Å². The minimum Gasteiger partial charge on any atom is -0.494 e. The molecule has 1 aromatic carbocycles. The van der Waals surface area contributed by atoms with E-state index < -0.39 is 29.5 Å². The average molecular weight is 570 g/mol. The van der Waals surface area contributed by atoms with Gasteiger partial charge in [0, 0.05) is 18.2 Å². The van der Waals surface area contributed by atoms with E-state index in [4.69, 9.17) is 19.2 Å². The van der Waals surface area contributed by atoms with Gasteiger partial charge in [0.25, 0.3) is 0 Å². The summed E-state index contributed by atoms with van der Waals surface area (Å²) in [6, 6.07) is 7.70. The highest BCUT2D eigenvalue weighted by atomic mass is 19.1. The summed E-state index contributed by atoms with van der Waals surface area (Å²) < 4.78 is 30.0. The van der Waals surface area contributed by atoms with Gasteiger partial charge < -0.3 is 19.5 Å². The molecule has 1 aliphatic carbocycles. The Hall–Kier alpha value is -3.69. The van der Waals surface area contributed by atoms with Gasteiger partial charge in [0.05, 0.1) is 26.2 Å². The Morgan fingerprint density at radius 1 is 1.17 bits per heavy atom. The molecule has 4 rings (SSSR count). The number of esters is 1. The first-order chi connectivity index (χ1) is 19.5. The number of methoxy groups -OCH3 is 1. The van der Waals surface area contributed by atoms with Gasteiger partial charge in [-0.1, -0.05) is 12.1 Å². The molecule has 1 fully saturated rings. The molecule has 0 spiro atoms. The molecule has 2 amide bonds. The predicted molar refractivity (Wildman–Crippen MR) is 151 cm³/mol. The van der Waals surface area contributed by atoms with E-state index in [1.165, 1.54) is 19.2 Å². The Morgan fingerprint density at radius 2 is 1.93 bits per heavy atom. The van der Waals surface area contributed by atoms with Gasteiger partial charge in [0.1, 0.15) is 11.4 Å². The molecule has 222 valence electrons. The topological polar surface area (TPSA) is 107 Å². The normalized spacial score (nSPS) is 18.9. The molecule has 0 radical (unpaired) electrons. The number of carbonyl (C=O) groups excluding carboxylic acids is 3. The zero-order chi connectivity index (χ0) is 29.7. The number of fused-ring (bicyclic) bond motifs is 1. The molecular formula is C31H40FN3O6. The molecule has 2 heterocycles. The lowest BCUT2D eigenvalue weighted by Crippen LogP contribution is -2.42. The number of aromatic nitrogens is 1. The molecule has 2 aliphatic rings. The second-order valence-corrected chi connectivity index (χ2v) is 11.7. The van der Waals surface area contributed by atoms with Crippen molar-refractivity contribution >= 4 is 23.8 Å². The third kappa shape index (κ3) is 7.74. The van der Waals surface area contributed by atoms with Crippen molar-refractivity contribution in [3.05, 3.63) is 53.0 Å². The Balaban J connectivity index is 1.37. The summed E-state index contributed by atoms with van der Waals surface area (Å²) in [6.07, 6.45) is 3.25. The number of pyridine rings is 1. The molecule has 0 saturated heterocycles. The number of ether oxygens (including phenoxy) is 3. The van der Waals surface area contributed by atoms with Crippen LogP contribution >= 0.6 is 0 Å². The number of amides is 2. The van der Waals surface area contributed by atoms with Gasteiger partial charge in [0.15, 0.2) is 11.6 Å². The Morgan fingerprint density at radius 3 is 2.59 bits per heavy atom. The van der Waals surface area contributed by atoms with Crippen LogP contribution in [0.4, 0.5) is 15.0 Å². The zero-order valence-corrected chi connectivity index (χ0v) is 24.5. The fourth-order valence-corrected chi connectivity index (χ4v) is 5.33. The van der Waals surface area contributed by atoms with E-state index in [0.717, 1.165) is 24.1 Å². The van der Waals surface area contributed by atoms with Crippen molar-refractivity contribution in [2.75, 3.05) is 25.2 Å². The van der Waals surface area contributed by atoms with Gasteiger partial charge in [-0.05, 0) is 95.0 Å². The fraction of sp³-hybridized carbons (Fsp3) is 0.548. The predicted octanol–water partition coefficient (Wildman–Crippen LogP) is 5.30. The summed E-state index contributed by atoms with van der Waals surface area (Å²) >= 11 is 0. The first-order valence-electron chi connectivity index (χ1n) is 14.3. The van der Waals surface area contributed by atoms with Crippen LogP contribution in [0.15, 0.2) is 30.3 Å². The monoisotopic (exact) mass is 569 g/mol. The van der Waals surface area contributed by atoms with Crippen LogP contribution in [-0.2, 0) is 31.9 Å². The number of halogens is 1. The number of anilines is 1. The largest absolute Gasteiger partial charge is 0.494 e. The van der Waals surface area contributed by atoms with Gasteiger partial charge in [-0.15, -0.1) is 0 Å². The number of nitrogens with one attached hydrogen (secondary N) is 1. The quantitative estimate of drug-likeness (QED) is 0.409. The number of hydrogen-bond acceptors (Lipinski definition) is 7. The van der Waals surface area contributed by atoms with E-state index in [-0.39, 0.29) is 36.5 Å². The Kier molecular flexibility index (Phi) is 9.50. The third-order valence-corrected chi connectivity index (χ3v) is 7.39. The summed E-state index contributed by atoms with van der Waals surface area (Å²) in [5.74, 6) is -0.437. The number of hydrogen-bond donors (Lipinski definition) is 1. The van der Waals surface area contributed by atoms with Crippen molar-refractivity contribution in [1.29, 1.82) is 0 Å². The molecule has 2 aromatic rings. The number of rotatable bonds is 9. The maximum absolute atomic E-state index is 14.4. The molecule has 1 saturated carbocycles. The summed E-state index contributed by atoms with van der Waals surface area (Å²) in [7, 11) is 1.37. The lowest BCUT2D eigenvalue weighted by Gasteiger charge is -2.35. The Labute approximate surface area is 240 Å². The minimum absolute atomic E-state index is 0.0850. The standard InChI is InChI=1S/C31H40FN3O6/c1-6-40-27(36)18-25(21-10-12-26(39-5)24(32)17-21)34-29(37)22-14-19(15-22)16-23-11-9-20-8-7-13-35(28(20)33-23)30(38)41-31(2,3)4/h9-12,17,19,22,25H,6-8,13-16,18H2,1-5H3,(H,34,37)/t19-,22+,25?. The highest BCUT2D eigenvalue weighted by Crippen LogP contribution is 2.38. The molecule has 0 bridgehead atoms. The molecular weight excluding hydrogens is 529 g/mol. The van der Waals surface area contributed by atoms with Crippen LogP contribution in [0.3, 0.4) is 0 Å². The summed E-state index contributed by atoms with van der Waals surface area (Å²) in [5.41, 5.74) is 1.77. The van der Waals surface area contributed by atoms with E-state index in [0.29, 0.717) is 37.2 Å². The SMILES string of the molecule is CCOC(=O)CC(NC(=O)[C@H]1C[C@@H](Cc2ccc3c(n2)N(C(=O)OC(C)(C)C)CCC3)C1)c1ccc(OC)c(F)c1. The van der Waals surface area contributed by atoms with Crippen LogP contribution in [0.1, 0.15) is 76.2 Å². The highest BCUT2D eigenvalue weighted by molar-refractivity contribution is 5.88. The fourth-order valence-electron chi connectivity index (χ4n) is 5.33. The minimum atomic E-state index is -0.720. The summed E-state index contributed by atoms with van der Waals surface area (Å²) in [5, 5.41) is 2.93. The van der Waals surface area contributed by atoms with Crippen molar-refractivity contribution in [2.24, 2.45) is 11.8 Å². The van der Waals surface area contributed by atoms with Crippen molar-refractivity contribution in [2.45, 2.75) is 77.9 Å². The molecule has 1 unspecified atom stereocenters. The molecule has 1 atom stereocenters. The number of carbonyl (C=O) groups is 3. The highest BCUT2D eigenvalue weighted by Gasteiger charge is 2.36. The first-order valence-corrected chi connectivity index (χ1v) is 14.3. The number of aryl methyl sites for hydroxylation is 1. The van der Waals surface area contributed by atoms with E-state index in [1.54, 1.807) is 17.9 Å². The van der Waals surface area contributed by atoms with Crippen molar-refractivity contribution in [3.63, 3.8) is 0 Å². The number of nitrogens with zero attached hydrogens (tertiary/aromatic N) is 2. The van der Waals surface area contributed by atoms with Crippen LogP contribution in [0.2, 0.25) is 0 Å². The lowest BCUT2D eigenvalue weighted by molar-refractivity contribution is -0.144. The van der Waals surface area contributed by atoms with E-state index in [2.05, 4.69) is 5.32 Å². The smallest absolute Gasteiger partial charge is 0.416 e. The van der Waals surface area contributed by atoms with Gasteiger partial charge in [-0.3, -0.25) is 14.5 Å². The lowest BCUT2D eigenvalue weighted by atomic mass is 9.72. The van der Waals surface area contributed by atoms with Gasteiger partial charge in [-0.25, -0.2) is 14.2 Å². The van der Waals surface area contributed by atoms with Crippen molar-refractivity contribution < 1.29 is 33.0 Å². The van der Waals surface area contributed by atoms with Crippen LogP contribution in [0.5, 0.6) is 5.75 Å². The van der Waals surface area contributed by atoms with Crippen LogP contribution in [0, 0.1) is 17.7 Å². The molecule has 1 N–H and O–H groups in total. The first kappa shape index (κ1) is 30.3. The van der Waals surface area contributed by atoms with E-state index in [1.807, 2.05) is 32.9 Å². The van der Waals surface area contributed by atoms with Gasteiger partial charge in [-0.2, -0.15) is 0 Å². The molecule has 9 nitrogen and oxygen atoms in total. The zero-order valence-electron chi connectivity index (χ0n) is 24.5. The van der Waals surface area contributed by atoms with E-state index >= 15 is 0 Å². The van der Waals surface area contributed by atoms with Crippen LogP contribution in [-0.4, -0.2) is 48.8 Å². The average Bonchev–Trinajstić information content (AvgIpc) is 2.88. The van der Waals surface area contributed by atoms with Crippen LogP contribution in [0.25, 0.3) is 0 Å². The third-order valence-electron chi connectivity index (χ3n) is 7.39. The summed E-state index contributed by atoms with van der Waals surface area (Å²) in [4.78, 5) is 44.6. The van der Waals surface area contributed by atoms with Gasteiger partial charge in [0.2, 0.25) is 5.91 Å². The molecule has 1 aliphatic heterocycles. The van der Waals surface area contributed by atoms with Crippen LogP contribution < -0.4 is 15.0 Å². The Bertz CT molecular complexity index is 1270. The molecule has 10 heteroatoms. The molecule has 41 heavy (non-hydrogen) atoms. The van der Waals surface area contributed by atoms with Crippen molar-refractivity contribution in [1.82, 2.24) is 10.3 Å². The maximum Gasteiger partial charge on any atom is 0.416 e. The summed E-state index contributed by atoms with van der Waals surface area (Å²) in [6.45, 7) is 8.02. The maximum atomic E-state index is 14.4. The van der Waals surface area contributed by atoms with Crippen molar-refractivity contribution in [3.8, 4) is 5.75 Å². The second-order valence-electron chi connectivity index (χ2n) is 11.7. The number of benzene rings is 1.